The Morgan fingerprint density at radius 1 is 0.944 bits per heavy atom. The first-order valence-corrected chi connectivity index (χ1v) is 12.0. The van der Waals surface area contributed by atoms with Crippen molar-refractivity contribution in [2.24, 2.45) is 7.05 Å². The molecule has 4 aromatic rings. The third-order valence-corrected chi connectivity index (χ3v) is 6.39. The second-order valence-corrected chi connectivity index (χ2v) is 9.20. The fraction of sp³-hybridized carbons (Fsp3) is 0.259. The molecule has 1 aliphatic heterocycles. The fourth-order valence-electron chi connectivity index (χ4n) is 4.63. The van der Waals surface area contributed by atoms with Gasteiger partial charge in [0.25, 0.3) is 0 Å². The molecule has 0 radical (unpaired) electrons. The molecule has 2 N–H and O–H groups in total. The first-order chi connectivity index (χ1) is 17.3. The van der Waals surface area contributed by atoms with Crippen LogP contribution >= 0.6 is 0 Å². The highest BCUT2D eigenvalue weighted by molar-refractivity contribution is 6.05. The summed E-state index contributed by atoms with van der Waals surface area (Å²) in [4.78, 5) is 25.6. The summed E-state index contributed by atoms with van der Waals surface area (Å²) in [6, 6.07) is 19.7. The molecule has 36 heavy (non-hydrogen) atoms. The van der Waals surface area contributed by atoms with Crippen LogP contribution in [0.15, 0.2) is 66.9 Å². The average Bonchev–Trinajstić information content (AvgIpc) is 3.23. The maximum Gasteiger partial charge on any atom is 0.249 e. The lowest BCUT2D eigenvalue weighted by molar-refractivity contribution is -0.119. The van der Waals surface area contributed by atoms with Crippen LogP contribution in [0.2, 0.25) is 0 Å². The number of nitrogens with one attached hydrogen (secondary N) is 2. The predicted octanol–water partition coefficient (Wildman–Crippen LogP) is 4.94. The summed E-state index contributed by atoms with van der Waals surface area (Å²) in [6.07, 6.45) is 1.71. The van der Waals surface area contributed by atoms with Crippen molar-refractivity contribution in [1.29, 1.82) is 0 Å². The molecule has 0 fully saturated rings. The minimum absolute atomic E-state index is 0.0876. The van der Waals surface area contributed by atoms with Crippen molar-refractivity contribution in [3.63, 3.8) is 0 Å². The van der Waals surface area contributed by atoms with E-state index in [1.54, 1.807) is 15.8 Å². The number of carbonyl (C=O) groups is 1. The van der Waals surface area contributed by atoms with Gasteiger partial charge < -0.3 is 20.4 Å². The molecule has 0 spiro atoms. The second kappa shape index (κ2) is 9.33. The van der Waals surface area contributed by atoms with Gasteiger partial charge in [0.15, 0.2) is 0 Å². The molecule has 9 heteroatoms. The smallest absolute Gasteiger partial charge is 0.249 e. The SMILES string of the molecule is CC(C)N1c2cc(Nc3nccc(Nc4cc(-c5ccccc5)nn4C)n3)ccc2N(C)C(=O)[C@H]1C. The zero-order chi connectivity index (χ0) is 25.4. The lowest BCUT2D eigenvalue weighted by Gasteiger charge is -2.42. The lowest BCUT2D eigenvalue weighted by atomic mass is 10.0. The third-order valence-electron chi connectivity index (χ3n) is 6.39. The molecule has 2 aromatic heterocycles. The number of fused-ring (bicyclic) bond motifs is 1. The van der Waals surface area contributed by atoms with Crippen LogP contribution in [0.3, 0.4) is 0 Å². The monoisotopic (exact) mass is 482 g/mol. The molecule has 1 atom stereocenters. The number of anilines is 6. The minimum Gasteiger partial charge on any atom is -0.356 e. The first-order valence-electron chi connectivity index (χ1n) is 12.0. The van der Waals surface area contributed by atoms with Crippen LogP contribution in [0.5, 0.6) is 0 Å². The van der Waals surface area contributed by atoms with Crippen LogP contribution in [-0.4, -0.2) is 44.8 Å². The van der Waals surface area contributed by atoms with E-state index < -0.39 is 0 Å². The average molecular weight is 483 g/mol. The van der Waals surface area contributed by atoms with Gasteiger partial charge in [-0.05, 0) is 45.0 Å². The topological polar surface area (TPSA) is 91.2 Å². The number of hydrogen-bond donors (Lipinski definition) is 2. The number of likely N-dealkylation sites (N-methyl/N-ethyl adjacent to an activating group) is 1. The summed E-state index contributed by atoms with van der Waals surface area (Å²) in [5, 5.41) is 11.3. The van der Waals surface area contributed by atoms with Crippen molar-refractivity contribution >= 4 is 40.6 Å². The predicted molar refractivity (Wildman–Crippen MR) is 144 cm³/mol. The van der Waals surface area contributed by atoms with Crippen molar-refractivity contribution in [1.82, 2.24) is 19.7 Å². The molecule has 0 saturated heterocycles. The van der Waals surface area contributed by atoms with Gasteiger partial charge in [-0.15, -0.1) is 0 Å². The molecule has 0 unspecified atom stereocenters. The Morgan fingerprint density at radius 2 is 1.72 bits per heavy atom. The minimum atomic E-state index is -0.235. The van der Waals surface area contributed by atoms with Gasteiger partial charge in [-0.1, -0.05) is 30.3 Å². The largest absolute Gasteiger partial charge is 0.356 e. The Bertz CT molecular complexity index is 1400. The number of amides is 1. The maximum atomic E-state index is 12.7. The molecule has 1 aliphatic rings. The number of nitrogens with zero attached hydrogens (tertiary/aromatic N) is 6. The van der Waals surface area contributed by atoms with E-state index in [1.807, 2.05) is 81.7 Å². The van der Waals surface area contributed by atoms with Crippen LogP contribution < -0.4 is 20.4 Å². The fourth-order valence-corrected chi connectivity index (χ4v) is 4.63. The summed E-state index contributed by atoms with van der Waals surface area (Å²) in [5.74, 6) is 2.02. The lowest BCUT2D eigenvalue weighted by Crippen LogP contribution is -2.53. The van der Waals surface area contributed by atoms with Crippen LogP contribution in [0.4, 0.5) is 34.6 Å². The summed E-state index contributed by atoms with van der Waals surface area (Å²) in [6.45, 7) is 6.14. The van der Waals surface area contributed by atoms with Gasteiger partial charge in [0.2, 0.25) is 11.9 Å². The highest BCUT2D eigenvalue weighted by Crippen LogP contribution is 2.39. The highest BCUT2D eigenvalue weighted by Gasteiger charge is 2.34. The molecule has 9 nitrogen and oxygen atoms in total. The van der Waals surface area contributed by atoms with Gasteiger partial charge in [0, 0.05) is 43.7 Å². The Balaban J connectivity index is 1.38. The van der Waals surface area contributed by atoms with Crippen molar-refractivity contribution in [3.05, 3.63) is 66.9 Å². The van der Waals surface area contributed by atoms with Gasteiger partial charge in [0.1, 0.15) is 17.7 Å². The van der Waals surface area contributed by atoms with Crippen molar-refractivity contribution in [2.75, 3.05) is 27.5 Å². The van der Waals surface area contributed by atoms with Crippen LogP contribution in [0.25, 0.3) is 11.3 Å². The number of rotatable bonds is 6. The zero-order valence-electron chi connectivity index (χ0n) is 21.1. The zero-order valence-corrected chi connectivity index (χ0v) is 21.1. The Labute approximate surface area is 210 Å². The van der Waals surface area contributed by atoms with E-state index >= 15 is 0 Å². The Morgan fingerprint density at radius 3 is 2.47 bits per heavy atom. The third kappa shape index (κ3) is 4.35. The summed E-state index contributed by atoms with van der Waals surface area (Å²) < 4.78 is 1.79. The van der Waals surface area contributed by atoms with Crippen molar-refractivity contribution in [3.8, 4) is 11.3 Å². The summed E-state index contributed by atoms with van der Waals surface area (Å²) in [7, 11) is 3.72. The Kier molecular flexibility index (Phi) is 6.05. The molecule has 184 valence electrons. The second-order valence-electron chi connectivity index (χ2n) is 9.20. The molecule has 0 aliphatic carbocycles. The van der Waals surface area contributed by atoms with E-state index in [0.29, 0.717) is 11.8 Å². The summed E-state index contributed by atoms with van der Waals surface area (Å²) in [5.41, 5.74) is 4.67. The van der Waals surface area contributed by atoms with Gasteiger partial charge >= 0.3 is 0 Å². The van der Waals surface area contributed by atoms with E-state index in [0.717, 1.165) is 34.1 Å². The van der Waals surface area contributed by atoms with Gasteiger partial charge in [-0.25, -0.2) is 4.98 Å². The van der Waals surface area contributed by atoms with Crippen LogP contribution in [0.1, 0.15) is 20.8 Å². The number of aryl methyl sites for hydroxylation is 1. The van der Waals surface area contributed by atoms with Gasteiger partial charge in [0.05, 0.1) is 17.1 Å². The maximum absolute atomic E-state index is 12.7. The molecule has 3 heterocycles. The highest BCUT2D eigenvalue weighted by atomic mass is 16.2. The van der Waals surface area contributed by atoms with E-state index in [-0.39, 0.29) is 18.0 Å². The van der Waals surface area contributed by atoms with Crippen LogP contribution in [0, 0.1) is 0 Å². The normalized spacial score (nSPS) is 15.3. The first kappa shape index (κ1) is 23.3. The number of hydrogen-bond acceptors (Lipinski definition) is 7. The molecule has 5 rings (SSSR count). The molecule has 1 amide bonds. The van der Waals surface area contributed by atoms with Gasteiger partial charge in [-0.2, -0.15) is 10.1 Å². The molecule has 0 saturated carbocycles. The van der Waals surface area contributed by atoms with Crippen molar-refractivity contribution < 1.29 is 4.79 Å². The van der Waals surface area contributed by atoms with E-state index in [9.17, 15) is 4.79 Å². The summed E-state index contributed by atoms with van der Waals surface area (Å²) >= 11 is 0. The Hall–Kier alpha value is -4.40. The molecular formula is C27H30N8O. The molecular weight excluding hydrogens is 452 g/mol. The number of aromatic nitrogens is 4. The van der Waals surface area contributed by atoms with Gasteiger partial charge in [-0.3, -0.25) is 9.48 Å². The quantitative estimate of drug-likeness (QED) is 0.402. The van der Waals surface area contributed by atoms with E-state index in [4.69, 9.17) is 0 Å². The van der Waals surface area contributed by atoms with E-state index in [1.165, 1.54) is 0 Å². The molecule has 2 aromatic carbocycles. The molecule has 0 bridgehead atoms. The van der Waals surface area contributed by atoms with E-state index in [2.05, 4.69) is 44.4 Å². The van der Waals surface area contributed by atoms with Crippen LogP contribution in [-0.2, 0) is 11.8 Å². The number of carbonyl (C=O) groups excluding carboxylic acids is 1. The van der Waals surface area contributed by atoms with Crippen molar-refractivity contribution in [2.45, 2.75) is 32.9 Å². The standard InChI is InChI=1S/C27H30N8O/c1-17(2)35-18(3)26(36)33(4)22-12-11-20(15-23(22)35)29-27-28-14-13-24(31-27)30-25-16-21(32-34(25)5)19-9-7-6-8-10-19/h6-18H,1-5H3,(H2,28,29,30,31)/t18-/m1/s1. The number of benzene rings is 2.